The fourth-order valence-corrected chi connectivity index (χ4v) is 2.82. The Labute approximate surface area is 121 Å². The van der Waals surface area contributed by atoms with E-state index >= 15 is 0 Å². The van der Waals surface area contributed by atoms with E-state index in [1.807, 2.05) is 24.3 Å². The van der Waals surface area contributed by atoms with Gasteiger partial charge in [0.15, 0.2) is 0 Å². The van der Waals surface area contributed by atoms with Gasteiger partial charge in [-0.15, -0.1) is 0 Å². The lowest BCUT2D eigenvalue weighted by molar-refractivity contribution is 0.0655. The van der Waals surface area contributed by atoms with Gasteiger partial charge in [0.05, 0.1) is 18.8 Å². The van der Waals surface area contributed by atoms with Crippen LogP contribution in [0.15, 0.2) is 30.3 Å². The molecular weight excluding hydrogens is 276 g/mol. The first-order chi connectivity index (χ1) is 10.1. The predicted molar refractivity (Wildman–Crippen MR) is 76.0 cm³/mol. The molecule has 21 heavy (non-hydrogen) atoms. The van der Waals surface area contributed by atoms with Crippen LogP contribution < -0.4 is 10.1 Å². The predicted octanol–water partition coefficient (Wildman–Crippen LogP) is 3.56. The number of aryl methyl sites for hydroxylation is 1. The lowest BCUT2D eigenvalue weighted by atomic mass is 9.96. The van der Waals surface area contributed by atoms with E-state index in [9.17, 15) is 8.78 Å². The van der Waals surface area contributed by atoms with Gasteiger partial charge in [-0.25, -0.2) is 13.5 Å². The zero-order chi connectivity index (χ0) is 15.0. The van der Waals surface area contributed by atoms with E-state index in [0.717, 1.165) is 11.3 Å². The zero-order valence-corrected chi connectivity index (χ0v) is 11.9. The van der Waals surface area contributed by atoms with Gasteiger partial charge in [-0.3, -0.25) is 0 Å². The first-order valence-electron chi connectivity index (χ1n) is 6.84. The van der Waals surface area contributed by atoms with Crippen molar-refractivity contribution < 1.29 is 13.5 Å². The Morgan fingerprint density at radius 2 is 2.14 bits per heavy atom. The Bertz CT molecular complexity index is 642. The molecule has 0 spiro atoms. The molecule has 1 aliphatic heterocycles. The molecule has 0 bridgehead atoms. The number of hydrogen-bond donors (Lipinski definition) is 1. The average molecular weight is 293 g/mol. The number of benzene rings is 1. The minimum absolute atomic E-state index is 0.219. The summed E-state index contributed by atoms with van der Waals surface area (Å²) in [4.78, 5) is 0. The summed E-state index contributed by atoms with van der Waals surface area (Å²) >= 11 is 0. The Kier molecular flexibility index (Phi) is 3.53. The first-order valence-corrected chi connectivity index (χ1v) is 6.84. The number of hydrogen-bond acceptors (Lipinski definition) is 3. The molecule has 2 atom stereocenters. The van der Waals surface area contributed by atoms with Crippen molar-refractivity contribution in [1.82, 2.24) is 9.78 Å². The van der Waals surface area contributed by atoms with E-state index in [1.165, 1.54) is 4.68 Å². The molecule has 3 rings (SSSR count). The van der Waals surface area contributed by atoms with Crippen molar-refractivity contribution >= 4 is 5.82 Å². The van der Waals surface area contributed by atoms with Crippen molar-refractivity contribution in [1.29, 1.82) is 0 Å². The maximum atomic E-state index is 13.4. The average Bonchev–Trinajstić information content (AvgIpc) is 2.85. The van der Waals surface area contributed by atoms with Crippen LogP contribution in [0.1, 0.15) is 29.8 Å². The maximum absolute atomic E-state index is 13.4. The van der Waals surface area contributed by atoms with Gasteiger partial charge in [0, 0.05) is 11.6 Å². The van der Waals surface area contributed by atoms with Gasteiger partial charge in [0.1, 0.15) is 17.6 Å². The summed E-state index contributed by atoms with van der Waals surface area (Å²) in [6, 6.07) is 8.13. The molecule has 2 aromatic rings. The molecule has 1 aromatic heterocycles. The van der Waals surface area contributed by atoms with Gasteiger partial charge in [-0.1, -0.05) is 18.2 Å². The van der Waals surface area contributed by atoms with Crippen LogP contribution >= 0.6 is 0 Å². The van der Waals surface area contributed by atoms with Crippen LogP contribution in [0.3, 0.4) is 0 Å². The second-order valence-electron chi connectivity index (χ2n) is 5.19. The largest absolute Gasteiger partial charge is 0.496 e. The van der Waals surface area contributed by atoms with Gasteiger partial charge in [0.25, 0.3) is 6.43 Å². The van der Waals surface area contributed by atoms with Crippen LogP contribution in [0.5, 0.6) is 5.75 Å². The van der Waals surface area contributed by atoms with Gasteiger partial charge < -0.3 is 10.1 Å². The number of fused-ring (bicyclic) bond motifs is 1. The molecular formula is C15H17F2N3O. The molecule has 6 heteroatoms. The van der Waals surface area contributed by atoms with Crippen LogP contribution in [0.2, 0.25) is 0 Å². The number of ether oxygens (including phenoxy) is 1. The molecule has 0 radical (unpaired) electrons. The van der Waals surface area contributed by atoms with Gasteiger partial charge in [-0.2, -0.15) is 5.10 Å². The summed E-state index contributed by atoms with van der Waals surface area (Å²) in [5.74, 6) is 1.33. The number of methoxy groups -OCH3 is 1. The second kappa shape index (κ2) is 5.35. The number of rotatable bonds is 3. The summed E-state index contributed by atoms with van der Waals surface area (Å²) in [6.07, 6.45) is -2.19. The van der Waals surface area contributed by atoms with Gasteiger partial charge >= 0.3 is 0 Å². The highest BCUT2D eigenvalue weighted by Gasteiger charge is 2.35. The Morgan fingerprint density at radius 1 is 1.38 bits per heavy atom. The summed E-state index contributed by atoms with van der Waals surface area (Å²) in [5, 5.41) is 7.45. The number of aromatic nitrogens is 2. The Hall–Kier alpha value is -2.11. The second-order valence-corrected chi connectivity index (χ2v) is 5.19. The highest BCUT2D eigenvalue weighted by Crippen LogP contribution is 2.40. The van der Waals surface area contributed by atoms with E-state index in [4.69, 9.17) is 4.74 Å². The molecule has 0 fully saturated rings. The van der Waals surface area contributed by atoms with E-state index in [0.29, 0.717) is 11.6 Å². The standard InChI is InChI=1S/C15H17F2N3O/c1-9-7-14-18-11(8-12(15(16)17)20(14)19-9)10-5-3-4-6-13(10)21-2/h3-7,11-12,15,18H,8H2,1-2H3/t11-,12+/m0/s1. The summed E-state index contributed by atoms with van der Waals surface area (Å²) in [5.41, 5.74) is 1.61. The molecule has 4 nitrogen and oxygen atoms in total. The molecule has 0 aliphatic carbocycles. The van der Waals surface area contributed by atoms with Gasteiger partial charge in [-0.05, 0) is 19.4 Å². The molecule has 0 amide bonds. The Morgan fingerprint density at radius 3 is 2.86 bits per heavy atom. The number of nitrogens with one attached hydrogen (secondary N) is 1. The van der Waals surface area contributed by atoms with Crippen molar-refractivity contribution in [2.75, 3.05) is 12.4 Å². The first kappa shape index (κ1) is 13.9. The molecule has 112 valence electrons. The lowest BCUT2D eigenvalue weighted by Crippen LogP contribution is -2.31. The Balaban J connectivity index is 2.00. The molecule has 1 aromatic carbocycles. The zero-order valence-electron chi connectivity index (χ0n) is 11.9. The fraction of sp³-hybridized carbons (Fsp3) is 0.400. The van der Waals surface area contributed by atoms with Crippen molar-refractivity contribution in [3.8, 4) is 5.75 Å². The number of para-hydroxylation sites is 1. The number of alkyl halides is 2. The van der Waals surface area contributed by atoms with E-state index in [1.54, 1.807) is 20.1 Å². The van der Waals surface area contributed by atoms with Crippen molar-refractivity contribution in [2.24, 2.45) is 0 Å². The molecule has 1 aliphatic rings. The SMILES string of the molecule is COc1ccccc1[C@@H]1C[C@H](C(F)F)n2nc(C)cc2N1. The third kappa shape index (κ3) is 2.46. The normalized spacial score (nSPS) is 21.0. The third-order valence-electron chi connectivity index (χ3n) is 3.78. The van der Waals surface area contributed by atoms with Gasteiger partial charge in [0.2, 0.25) is 0 Å². The monoisotopic (exact) mass is 293 g/mol. The molecule has 0 saturated carbocycles. The maximum Gasteiger partial charge on any atom is 0.260 e. The van der Waals surface area contributed by atoms with Crippen LogP contribution in [-0.2, 0) is 0 Å². The minimum Gasteiger partial charge on any atom is -0.496 e. The summed E-state index contributed by atoms with van der Waals surface area (Å²) < 4.78 is 33.5. The quantitative estimate of drug-likeness (QED) is 0.940. The molecule has 1 N–H and O–H groups in total. The van der Waals surface area contributed by atoms with E-state index in [2.05, 4.69) is 10.4 Å². The topological polar surface area (TPSA) is 39.1 Å². The lowest BCUT2D eigenvalue weighted by Gasteiger charge is -2.32. The van der Waals surface area contributed by atoms with Crippen molar-refractivity contribution in [2.45, 2.75) is 31.9 Å². The molecule has 2 heterocycles. The number of nitrogens with zero attached hydrogens (tertiary/aromatic N) is 2. The van der Waals surface area contributed by atoms with Crippen molar-refractivity contribution in [3.05, 3.63) is 41.6 Å². The molecule has 0 saturated heterocycles. The van der Waals surface area contributed by atoms with E-state index < -0.39 is 12.5 Å². The van der Waals surface area contributed by atoms with Crippen molar-refractivity contribution in [3.63, 3.8) is 0 Å². The minimum atomic E-state index is -2.46. The summed E-state index contributed by atoms with van der Waals surface area (Å²) in [7, 11) is 1.58. The smallest absolute Gasteiger partial charge is 0.260 e. The highest BCUT2D eigenvalue weighted by atomic mass is 19.3. The summed E-state index contributed by atoms with van der Waals surface area (Å²) in [6.45, 7) is 1.80. The third-order valence-corrected chi connectivity index (χ3v) is 3.78. The van der Waals surface area contributed by atoms with E-state index in [-0.39, 0.29) is 12.5 Å². The van der Waals surface area contributed by atoms with Crippen LogP contribution in [0, 0.1) is 6.92 Å². The van der Waals surface area contributed by atoms with Crippen LogP contribution in [0.25, 0.3) is 0 Å². The molecule has 0 unspecified atom stereocenters. The highest BCUT2D eigenvalue weighted by molar-refractivity contribution is 5.46. The number of halogens is 2. The van der Waals surface area contributed by atoms with Crippen LogP contribution in [0.4, 0.5) is 14.6 Å². The fourth-order valence-electron chi connectivity index (χ4n) is 2.82. The number of anilines is 1. The van der Waals surface area contributed by atoms with Crippen LogP contribution in [-0.4, -0.2) is 23.3 Å².